The lowest BCUT2D eigenvalue weighted by molar-refractivity contribution is 0.0733. The summed E-state index contributed by atoms with van der Waals surface area (Å²) in [7, 11) is 0. The van der Waals surface area contributed by atoms with Crippen LogP contribution in [0.3, 0.4) is 0 Å². The third-order valence-corrected chi connectivity index (χ3v) is 4.77. The summed E-state index contributed by atoms with van der Waals surface area (Å²) in [6.07, 6.45) is 5.40. The lowest BCUT2D eigenvalue weighted by Gasteiger charge is -2.25. The van der Waals surface area contributed by atoms with E-state index < -0.39 is 0 Å². The molecule has 0 spiro atoms. The number of carbonyl (C=O) groups excluding carboxylic acids is 1. The number of aromatic nitrogens is 3. The Morgan fingerprint density at radius 2 is 2.00 bits per heavy atom. The van der Waals surface area contributed by atoms with Crippen molar-refractivity contribution in [2.24, 2.45) is 0 Å². The minimum absolute atomic E-state index is 0.0728. The van der Waals surface area contributed by atoms with Gasteiger partial charge in [0, 0.05) is 24.5 Å². The lowest BCUT2D eigenvalue weighted by Crippen LogP contribution is -2.31. The molecule has 1 aromatic carbocycles. The largest absolute Gasteiger partial charge is 0.330 e. The van der Waals surface area contributed by atoms with E-state index in [9.17, 15) is 9.18 Å². The standard InChI is InChI=1S/C20H19FN4O/c1-14-22-11-13-24(14)19-6-2-4-17(23-19)18-5-3-12-25(18)20(26)15-7-9-16(21)10-8-15/h2,4,6-11,13,18H,3,5,12H2,1H3. The van der Waals surface area contributed by atoms with Crippen LogP contribution in [0.1, 0.15) is 40.8 Å². The van der Waals surface area contributed by atoms with Crippen LogP contribution in [0.4, 0.5) is 4.39 Å². The summed E-state index contributed by atoms with van der Waals surface area (Å²) >= 11 is 0. The van der Waals surface area contributed by atoms with E-state index in [2.05, 4.69) is 4.98 Å². The Morgan fingerprint density at radius 3 is 2.73 bits per heavy atom. The van der Waals surface area contributed by atoms with Gasteiger partial charge in [-0.2, -0.15) is 0 Å². The van der Waals surface area contributed by atoms with Gasteiger partial charge in [0.25, 0.3) is 5.91 Å². The number of imidazole rings is 1. The quantitative estimate of drug-likeness (QED) is 0.724. The third kappa shape index (κ3) is 2.98. The molecule has 0 bridgehead atoms. The van der Waals surface area contributed by atoms with Crippen molar-refractivity contribution in [3.63, 3.8) is 0 Å². The number of rotatable bonds is 3. The number of amides is 1. The van der Waals surface area contributed by atoms with Gasteiger partial charge in [-0.15, -0.1) is 0 Å². The average Bonchev–Trinajstić information content (AvgIpc) is 3.31. The second-order valence-electron chi connectivity index (χ2n) is 6.43. The summed E-state index contributed by atoms with van der Waals surface area (Å²) in [4.78, 5) is 23.7. The number of benzene rings is 1. The van der Waals surface area contributed by atoms with Gasteiger partial charge in [0.05, 0.1) is 11.7 Å². The Hall–Kier alpha value is -3.02. The SMILES string of the molecule is Cc1nccn1-c1cccc(C2CCCN2C(=O)c2ccc(F)cc2)n1. The molecule has 1 atom stereocenters. The second kappa shape index (κ2) is 6.71. The van der Waals surface area contributed by atoms with Crippen molar-refractivity contribution < 1.29 is 9.18 Å². The number of nitrogens with zero attached hydrogens (tertiary/aromatic N) is 4. The topological polar surface area (TPSA) is 51.0 Å². The highest BCUT2D eigenvalue weighted by Crippen LogP contribution is 2.32. The number of carbonyl (C=O) groups is 1. The van der Waals surface area contributed by atoms with Crippen molar-refractivity contribution in [1.82, 2.24) is 19.4 Å². The Morgan fingerprint density at radius 1 is 1.19 bits per heavy atom. The minimum atomic E-state index is -0.343. The van der Waals surface area contributed by atoms with Gasteiger partial charge in [-0.25, -0.2) is 14.4 Å². The number of aryl methyl sites for hydroxylation is 1. The molecule has 1 unspecified atom stereocenters. The number of halogens is 1. The molecule has 132 valence electrons. The molecule has 1 fully saturated rings. The molecular weight excluding hydrogens is 331 g/mol. The first kappa shape index (κ1) is 16.4. The molecule has 1 saturated heterocycles. The first-order valence-electron chi connectivity index (χ1n) is 8.67. The summed E-state index contributed by atoms with van der Waals surface area (Å²) < 4.78 is 15.1. The fourth-order valence-electron chi connectivity index (χ4n) is 3.45. The van der Waals surface area contributed by atoms with Gasteiger partial charge in [0.15, 0.2) is 0 Å². The van der Waals surface area contributed by atoms with Gasteiger partial charge in [0.2, 0.25) is 0 Å². The zero-order chi connectivity index (χ0) is 18.1. The summed E-state index contributed by atoms with van der Waals surface area (Å²) in [5.74, 6) is 1.22. The van der Waals surface area contributed by atoms with Crippen LogP contribution >= 0.6 is 0 Å². The molecule has 2 aromatic heterocycles. The normalized spacial score (nSPS) is 16.8. The van der Waals surface area contributed by atoms with Crippen LogP contribution in [0.25, 0.3) is 5.82 Å². The molecule has 4 rings (SSSR count). The van der Waals surface area contributed by atoms with E-state index in [0.29, 0.717) is 12.1 Å². The fraction of sp³-hybridized carbons (Fsp3) is 0.250. The Labute approximate surface area is 151 Å². The predicted octanol–water partition coefficient (Wildman–Crippen LogP) is 3.69. The molecule has 1 aliphatic rings. The third-order valence-electron chi connectivity index (χ3n) is 4.77. The highest BCUT2D eigenvalue weighted by atomic mass is 19.1. The van der Waals surface area contributed by atoms with Crippen molar-refractivity contribution in [3.05, 3.63) is 77.8 Å². The van der Waals surface area contributed by atoms with E-state index >= 15 is 0 Å². The van der Waals surface area contributed by atoms with E-state index in [1.165, 1.54) is 24.3 Å². The highest BCUT2D eigenvalue weighted by Gasteiger charge is 2.31. The molecule has 26 heavy (non-hydrogen) atoms. The zero-order valence-electron chi connectivity index (χ0n) is 14.5. The molecule has 5 nitrogen and oxygen atoms in total. The molecule has 0 radical (unpaired) electrons. The molecule has 0 saturated carbocycles. The summed E-state index contributed by atoms with van der Waals surface area (Å²) in [6, 6.07) is 11.5. The number of pyridine rings is 1. The van der Waals surface area contributed by atoms with E-state index in [-0.39, 0.29) is 17.8 Å². The van der Waals surface area contributed by atoms with Crippen LogP contribution in [0.5, 0.6) is 0 Å². The number of likely N-dealkylation sites (tertiary alicyclic amines) is 1. The first-order chi connectivity index (χ1) is 12.6. The summed E-state index contributed by atoms with van der Waals surface area (Å²) in [5, 5.41) is 0. The van der Waals surface area contributed by atoms with Gasteiger partial charge in [-0.05, 0) is 56.2 Å². The molecule has 6 heteroatoms. The first-order valence-corrected chi connectivity index (χ1v) is 8.67. The fourth-order valence-corrected chi connectivity index (χ4v) is 3.45. The molecule has 1 aliphatic heterocycles. The maximum absolute atomic E-state index is 13.1. The molecule has 1 amide bonds. The smallest absolute Gasteiger partial charge is 0.254 e. The van der Waals surface area contributed by atoms with Gasteiger partial charge >= 0.3 is 0 Å². The van der Waals surface area contributed by atoms with Crippen LogP contribution < -0.4 is 0 Å². The van der Waals surface area contributed by atoms with Crippen molar-refractivity contribution in [3.8, 4) is 5.82 Å². The highest BCUT2D eigenvalue weighted by molar-refractivity contribution is 5.94. The van der Waals surface area contributed by atoms with E-state index in [1.54, 1.807) is 6.20 Å². The van der Waals surface area contributed by atoms with Crippen LogP contribution in [0.2, 0.25) is 0 Å². The molecule has 0 N–H and O–H groups in total. The number of hydrogen-bond donors (Lipinski definition) is 0. The van der Waals surface area contributed by atoms with Crippen molar-refractivity contribution >= 4 is 5.91 Å². The van der Waals surface area contributed by atoms with Crippen molar-refractivity contribution in [2.75, 3.05) is 6.54 Å². The molecule has 3 heterocycles. The average molecular weight is 350 g/mol. The minimum Gasteiger partial charge on any atom is -0.330 e. The number of hydrogen-bond acceptors (Lipinski definition) is 3. The van der Waals surface area contributed by atoms with E-state index in [4.69, 9.17) is 4.98 Å². The summed E-state index contributed by atoms with van der Waals surface area (Å²) in [5.41, 5.74) is 1.36. The van der Waals surface area contributed by atoms with Gasteiger partial charge in [-0.3, -0.25) is 9.36 Å². The Balaban J connectivity index is 1.63. The second-order valence-corrected chi connectivity index (χ2v) is 6.43. The van der Waals surface area contributed by atoms with E-state index in [0.717, 1.165) is 30.2 Å². The van der Waals surface area contributed by atoms with Crippen LogP contribution in [0, 0.1) is 12.7 Å². The molecule has 0 aliphatic carbocycles. The van der Waals surface area contributed by atoms with Gasteiger partial charge in [-0.1, -0.05) is 6.07 Å². The van der Waals surface area contributed by atoms with Crippen LogP contribution in [-0.2, 0) is 0 Å². The lowest BCUT2D eigenvalue weighted by atomic mass is 10.1. The summed E-state index contributed by atoms with van der Waals surface area (Å²) in [6.45, 7) is 2.60. The Bertz CT molecular complexity index is 935. The monoisotopic (exact) mass is 350 g/mol. The maximum Gasteiger partial charge on any atom is 0.254 e. The molecule has 3 aromatic rings. The van der Waals surface area contributed by atoms with Crippen LogP contribution in [0.15, 0.2) is 54.9 Å². The molecular formula is C20H19FN4O. The Kier molecular flexibility index (Phi) is 4.24. The van der Waals surface area contributed by atoms with Gasteiger partial charge < -0.3 is 4.90 Å². The predicted molar refractivity (Wildman–Crippen MR) is 95.5 cm³/mol. The van der Waals surface area contributed by atoms with Gasteiger partial charge in [0.1, 0.15) is 17.5 Å². The van der Waals surface area contributed by atoms with Crippen molar-refractivity contribution in [2.45, 2.75) is 25.8 Å². The van der Waals surface area contributed by atoms with Crippen LogP contribution in [-0.4, -0.2) is 31.9 Å². The zero-order valence-corrected chi connectivity index (χ0v) is 14.5. The maximum atomic E-state index is 13.1. The van der Waals surface area contributed by atoms with E-state index in [1.807, 2.05) is 40.8 Å². The van der Waals surface area contributed by atoms with Crippen molar-refractivity contribution in [1.29, 1.82) is 0 Å².